The van der Waals surface area contributed by atoms with Crippen molar-refractivity contribution in [3.63, 3.8) is 0 Å². The Kier molecular flexibility index (Phi) is 6.09. The van der Waals surface area contributed by atoms with Crippen LogP contribution in [0.2, 0.25) is 0 Å². The molecular weight excluding hydrogens is 587 g/mol. The molecule has 3 aromatic heterocycles. The molecule has 1 N–H and O–H groups in total. The number of hydrogen-bond acceptors (Lipinski definition) is 10. The Morgan fingerprint density at radius 2 is 2.02 bits per heavy atom. The second kappa shape index (κ2) is 10.0. The molecule has 234 valence electrons. The first kappa shape index (κ1) is 27.3. The monoisotopic (exact) mass is 619 g/mol. The molecular formula is C32H32F3N7O3. The summed E-state index contributed by atoms with van der Waals surface area (Å²) in [7, 11) is 1.44. The van der Waals surface area contributed by atoms with Gasteiger partial charge in [-0.3, -0.25) is 4.90 Å². The van der Waals surface area contributed by atoms with Gasteiger partial charge in [-0.2, -0.15) is 9.97 Å². The van der Waals surface area contributed by atoms with E-state index in [2.05, 4.69) is 30.1 Å². The zero-order valence-corrected chi connectivity index (χ0v) is 24.7. The molecule has 0 radical (unpaired) electrons. The van der Waals surface area contributed by atoms with E-state index in [1.54, 1.807) is 6.07 Å². The van der Waals surface area contributed by atoms with E-state index < -0.39 is 23.3 Å². The van der Waals surface area contributed by atoms with Crippen molar-refractivity contribution in [2.45, 2.75) is 61.9 Å². The number of benzene rings is 1. The van der Waals surface area contributed by atoms with Crippen molar-refractivity contribution < 1.29 is 27.4 Å². The summed E-state index contributed by atoms with van der Waals surface area (Å²) in [5.41, 5.74) is -0.132. The van der Waals surface area contributed by atoms with Gasteiger partial charge in [0.15, 0.2) is 5.82 Å². The number of pyridine rings is 2. The van der Waals surface area contributed by atoms with Crippen LogP contribution < -0.4 is 24.4 Å². The number of alkyl halides is 1. The third kappa shape index (κ3) is 4.16. The molecule has 4 fully saturated rings. The molecule has 5 atom stereocenters. The summed E-state index contributed by atoms with van der Waals surface area (Å²) >= 11 is 0. The maximum absolute atomic E-state index is 16.9. The molecule has 0 saturated carbocycles. The molecule has 8 heterocycles. The molecule has 4 saturated heterocycles. The van der Waals surface area contributed by atoms with Crippen LogP contribution >= 0.6 is 0 Å². The Hall–Kier alpha value is -3.97. The lowest BCUT2D eigenvalue weighted by atomic mass is 9.95. The fourth-order valence-corrected chi connectivity index (χ4v) is 8.32. The number of halogens is 3. The SMILES string of the molecule is COc1cc(-c2nc3c4c(nc(OCC56CCCN5C[C@H](F)C6)nc4c2F)N2CC4CCC(N4)C2CO3)c2c(F)cccc2n1. The first-order valence-corrected chi connectivity index (χ1v) is 15.6. The van der Waals surface area contributed by atoms with Crippen molar-refractivity contribution in [3.8, 4) is 29.0 Å². The van der Waals surface area contributed by atoms with Gasteiger partial charge in [-0.25, -0.2) is 23.1 Å². The van der Waals surface area contributed by atoms with Crippen LogP contribution in [0.1, 0.15) is 32.1 Å². The number of rotatable bonds is 5. The smallest absolute Gasteiger partial charge is 0.319 e. The molecule has 5 aliphatic rings. The van der Waals surface area contributed by atoms with Gasteiger partial charge in [0.25, 0.3) is 0 Å². The van der Waals surface area contributed by atoms with Crippen molar-refractivity contribution in [2.75, 3.05) is 44.9 Å². The molecule has 45 heavy (non-hydrogen) atoms. The Balaban J connectivity index is 1.24. The topological polar surface area (TPSA) is 97.8 Å². The van der Waals surface area contributed by atoms with E-state index in [0.29, 0.717) is 42.8 Å². The van der Waals surface area contributed by atoms with Crippen LogP contribution in [-0.2, 0) is 0 Å². The maximum atomic E-state index is 16.9. The van der Waals surface area contributed by atoms with E-state index in [4.69, 9.17) is 19.2 Å². The minimum atomic E-state index is -0.911. The van der Waals surface area contributed by atoms with Gasteiger partial charge in [0.1, 0.15) is 47.6 Å². The lowest BCUT2D eigenvalue weighted by molar-refractivity contribution is 0.107. The Bertz CT molecular complexity index is 1860. The van der Waals surface area contributed by atoms with Crippen molar-refractivity contribution >= 4 is 27.6 Å². The third-order valence-electron chi connectivity index (χ3n) is 10.4. The average Bonchev–Trinajstić information content (AvgIpc) is 3.67. The molecule has 2 bridgehead atoms. The van der Waals surface area contributed by atoms with Crippen LogP contribution in [0.4, 0.5) is 19.0 Å². The van der Waals surface area contributed by atoms with Gasteiger partial charge in [0.2, 0.25) is 11.8 Å². The second-order valence-electron chi connectivity index (χ2n) is 12.9. The number of nitrogens with one attached hydrogen (secondary N) is 1. The molecule has 10 nitrogen and oxygen atoms in total. The highest BCUT2D eigenvalue weighted by Crippen LogP contribution is 2.45. The van der Waals surface area contributed by atoms with Gasteiger partial charge in [0.05, 0.1) is 24.2 Å². The van der Waals surface area contributed by atoms with Crippen molar-refractivity contribution in [3.05, 3.63) is 35.9 Å². The zero-order valence-electron chi connectivity index (χ0n) is 24.7. The summed E-state index contributed by atoms with van der Waals surface area (Å²) in [6, 6.07) is 6.33. The van der Waals surface area contributed by atoms with Crippen molar-refractivity contribution in [1.29, 1.82) is 0 Å². The number of hydrogen-bond donors (Lipinski definition) is 1. The number of anilines is 1. The molecule has 0 aliphatic carbocycles. The van der Waals surface area contributed by atoms with Crippen LogP contribution in [0.15, 0.2) is 24.3 Å². The third-order valence-corrected chi connectivity index (χ3v) is 10.4. The zero-order chi connectivity index (χ0) is 30.4. The predicted octanol–water partition coefficient (Wildman–Crippen LogP) is 4.18. The highest BCUT2D eigenvalue weighted by Gasteiger charge is 2.50. The quantitative estimate of drug-likeness (QED) is 0.351. The summed E-state index contributed by atoms with van der Waals surface area (Å²) in [6.07, 6.45) is 3.28. The molecule has 5 aliphatic heterocycles. The van der Waals surface area contributed by atoms with Crippen molar-refractivity contribution in [2.24, 2.45) is 0 Å². The molecule has 1 aromatic carbocycles. The first-order chi connectivity index (χ1) is 21.9. The number of ether oxygens (including phenoxy) is 3. The van der Waals surface area contributed by atoms with Crippen LogP contribution in [0, 0.1) is 11.6 Å². The number of piperazine rings is 1. The highest BCUT2D eigenvalue weighted by atomic mass is 19.1. The minimum absolute atomic E-state index is 0.0120. The molecule has 9 rings (SSSR count). The largest absolute Gasteiger partial charge is 0.481 e. The Morgan fingerprint density at radius 1 is 1.11 bits per heavy atom. The summed E-state index contributed by atoms with van der Waals surface area (Å²) < 4.78 is 64.8. The van der Waals surface area contributed by atoms with Crippen LogP contribution in [0.5, 0.6) is 17.8 Å². The lowest BCUT2D eigenvalue weighted by Crippen LogP contribution is -2.60. The standard InChI is InChI=1S/C32H32F3N7O3/c1-43-23-10-18(24-19(34)4-2-5-21(24)37-23)27-26(35)28-25-29(42-13-17-6-7-20(36-17)22(42)14-44-30(25)38-27)40-31(39-28)45-15-32-8-3-9-41(32)12-16(33)11-32/h2,4-5,10,16-17,20,22,36H,3,6-9,11-15H2,1H3/t16-,17?,20?,22?,32?/m1/s1. The summed E-state index contributed by atoms with van der Waals surface area (Å²) in [5, 5.41) is 4.13. The summed E-state index contributed by atoms with van der Waals surface area (Å²) in [5.74, 6) is -0.468. The molecule has 0 spiro atoms. The van der Waals surface area contributed by atoms with Gasteiger partial charge < -0.3 is 24.4 Å². The average molecular weight is 620 g/mol. The summed E-state index contributed by atoms with van der Waals surface area (Å²) in [4.78, 5) is 22.8. The molecule has 0 amide bonds. The van der Waals surface area contributed by atoms with Gasteiger partial charge in [-0.15, -0.1) is 0 Å². The number of methoxy groups -OCH3 is 1. The first-order valence-electron chi connectivity index (χ1n) is 15.6. The highest BCUT2D eigenvalue weighted by molar-refractivity contribution is 6.01. The van der Waals surface area contributed by atoms with Gasteiger partial charge in [-0.05, 0) is 44.4 Å². The van der Waals surface area contributed by atoms with E-state index >= 15 is 8.78 Å². The number of aromatic nitrogens is 4. The van der Waals surface area contributed by atoms with Crippen LogP contribution in [0.3, 0.4) is 0 Å². The van der Waals surface area contributed by atoms with Crippen molar-refractivity contribution in [1.82, 2.24) is 30.2 Å². The predicted molar refractivity (Wildman–Crippen MR) is 160 cm³/mol. The van der Waals surface area contributed by atoms with E-state index in [-0.39, 0.29) is 64.7 Å². The second-order valence-corrected chi connectivity index (χ2v) is 12.9. The maximum Gasteiger partial charge on any atom is 0.319 e. The Morgan fingerprint density at radius 3 is 2.91 bits per heavy atom. The normalized spacial score (nSPS) is 28.7. The lowest BCUT2D eigenvalue weighted by Gasteiger charge is -2.40. The fourth-order valence-electron chi connectivity index (χ4n) is 8.32. The molecule has 13 heteroatoms. The van der Waals surface area contributed by atoms with Gasteiger partial charge in [0, 0.05) is 48.6 Å². The van der Waals surface area contributed by atoms with E-state index in [1.165, 1.54) is 25.3 Å². The molecule has 4 unspecified atom stereocenters. The fraction of sp³-hybridized carbons (Fsp3) is 0.500. The number of nitrogens with zero attached hydrogens (tertiary/aromatic N) is 6. The van der Waals surface area contributed by atoms with E-state index in [1.807, 2.05) is 0 Å². The van der Waals surface area contributed by atoms with Gasteiger partial charge >= 0.3 is 6.01 Å². The Labute approximate surface area is 256 Å². The van der Waals surface area contributed by atoms with E-state index in [9.17, 15) is 4.39 Å². The minimum Gasteiger partial charge on any atom is -0.481 e. The van der Waals surface area contributed by atoms with Gasteiger partial charge in [-0.1, -0.05) is 6.07 Å². The van der Waals surface area contributed by atoms with Crippen LogP contribution in [-0.4, -0.2) is 94.6 Å². The molecule has 4 aromatic rings. The number of fused-ring (bicyclic) bond motifs is 7. The van der Waals surface area contributed by atoms with Crippen LogP contribution in [0.25, 0.3) is 33.1 Å². The van der Waals surface area contributed by atoms with E-state index in [0.717, 1.165) is 32.2 Å². The summed E-state index contributed by atoms with van der Waals surface area (Å²) in [6.45, 7) is 2.38.